The Labute approximate surface area is 156 Å². The van der Waals surface area contributed by atoms with Crippen LogP contribution >= 0.6 is 11.6 Å². The van der Waals surface area contributed by atoms with Crippen LogP contribution in [0.5, 0.6) is 0 Å². The zero-order valence-electron chi connectivity index (χ0n) is 15.6. The van der Waals surface area contributed by atoms with E-state index in [1.165, 1.54) is 18.4 Å². The molecule has 1 heterocycles. The Morgan fingerprint density at radius 3 is 2.96 bits per heavy atom. The monoisotopic (exact) mass is 366 g/mol. The van der Waals surface area contributed by atoms with Crippen LogP contribution in [-0.4, -0.2) is 57.8 Å². The lowest BCUT2D eigenvalue weighted by Crippen LogP contribution is -2.41. The van der Waals surface area contributed by atoms with E-state index in [2.05, 4.69) is 41.6 Å². The first-order chi connectivity index (χ1) is 12.2. The van der Waals surface area contributed by atoms with E-state index in [9.17, 15) is 0 Å². The van der Waals surface area contributed by atoms with Gasteiger partial charge in [0, 0.05) is 37.8 Å². The van der Waals surface area contributed by atoms with Crippen LogP contribution in [-0.2, 0) is 4.74 Å². The summed E-state index contributed by atoms with van der Waals surface area (Å²) in [7, 11) is 3.91. The average molecular weight is 367 g/mol. The summed E-state index contributed by atoms with van der Waals surface area (Å²) >= 11 is 6.22. The van der Waals surface area contributed by atoms with Crippen molar-refractivity contribution in [3.63, 3.8) is 0 Å². The Hall–Kier alpha value is -1.30. The van der Waals surface area contributed by atoms with Gasteiger partial charge in [0.25, 0.3) is 0 Å². The zero-order valence-corrected chi connectivity index (χ0v) is 16.4. The molecule has 5 nitrogen and oxygen atoms in total. The van der Waals surface area contributed by atoms with Crippen molar-refractivity contribution < 1.29 is 4.74 Å². The molecule has 2 N–H and O–H groups in total. The van der Waals surface area contributed by atoms with Crippen molar-refractivity contribution in [1.29, 1.82) is 0 Å². The predicted octanol–water partition coefficient (Wildman–Crippen LogP) is 2.92. The van der Waals surface area contributed by atoms with Crippen molar-refractivity contribution in [2.75, 3.05) is 46.9 Å². The van der Waals surface area contributed by atoms with Gasteiger partial charge >= 0.3 is 0 Å². The minimum Gasteiger partial charge on any atom is -0.383 e. The Kier molecular flexibility index (Phi) is 8.52. The highest BCUT2D eigenvalue weighted by molar-refractivity contribution is 6.30. The highest BCUT2D eigenvalue weighted by Crippen LogP contribution is 2.36. The normalized spacial score (nSPS) is 22.0. The molecule has 25 heavy (non-hydrogen) atoms. The molecular formula is C19H31ClN4O. The Morgan fingerprint density at radius 2 is 2.24 bits per heavy atom. The Bertz CT molecular complexity index is 552. The number of hydrogen-bond acceptors (Lipinski definition) is 3. The van der Waals surface area contributed by atoms with Gasteiger partial charge < -0.3 is 15.4 Å². The van der Waals surface area contributed by atoms with Gasteiger partial charge in [-0.15, -0.1) is 0 Å². The SMILES string of the molecule is CCNC(=NCC1CCCN(C)C1c1cccc(Cl)c1)NCCOC. The number of ether oxygens (including phenoxy) is 1. The number of rotatable bonds is 7. The van der Waals surface area contributed by atoms with Crippen LogP contribution < -0.4 is 10.6 Å². The molecule has 1 aromatic carbocycles. The summed E-state index contributed by atoms with van der Waals surface area (Å²) in [5, 5.41) is 7.42. The van der Waals surface area contributed by atoms with E-state index < -0.39 is 0 Å². The lowest BCUT2D eigenvalue weighted by molar-refractivity contribution is 0.125. The van der Waals surface area contributed by atoms with Gasteiger partial charge in [-0.05, 0) is 57.0 Å². The standard InChI is InChI=1S/C19H31ClN4O/c1-4-21-19(22-10-12-25-3)23-14-16-8-6-11-24(2)18(16)15-7-5-9-17(20)13-15/h5,7,9,13,16,18H,4,6,8,10-12,14H2,1-3H3,(H2,21,22,23). The Balaban J connectivity index is 2.09. The third kappa shape index (κ3) is 6.17. The predicted molar refractivity (Wildman–Crippen MR) is 105 cm³/mol. The van der Waals surface area contributed by atoms with Crippen LogP contribution in [0.25, 0.3) is 0 Å². The highest BCUT2D eigenvalue weighted by Gasteiger charge is 2.30. The topological polar surface area (TPSA) is 48.9 Å². The fourth-order valence-electron chi connectivity index (χ4n) is 3.49. The molecule has 0 bridgehead atoms. The molecule has 0 spiro atoms. The summed E-state index contributed by atoms with van der Waals surface area (Å²) < 4.78 is 5.10. The van der Waals surface area contributed by atoms with Gasteiger partial charge in [-0.1, -0.05) is 23.7 Å². The molecule has 0 radical (unpaired) electrons. The highest BCUT2D eigenvalue weighted by atomic mass is 35.5. The largest absolute Gasteiger partial charge is 0.383 e. The van der Waals surface area contributed by atoms with E-state index in [0.717, 1.165) is 37.2 Å². The minimum absolute atomic E-state index is 0.359. The first kappa shape index (κ1) is 20.0. The van der Waals surface area contributed by atoms with Crippen LogP contribution in [0, 0.1) is 5.92 Å². The molecule has 0 saturated carbocycles. The third-order valence-electron chi connectivity index (χ3n) is 4.62. The van der Waals surface area contributed by atoms with E-state index in [-0.39, 0.29) is 0 Å². The second kappa shape index (κ2) is 10.6. The molecule has 1 aliphatic heterocycles. The first-order valence-corrected chi connectivity index (χ1v) is 9.50. The fraction of sp³-hybridized carbons (Fsp3) is 0.632. The molecule has 6 heteroatoms. The number of methoxy groups -OCH3 is 1. The molecule has 0 aromatic heterocycles. The van der Waals surface area contributed by atoms with Crippen LogP contribution in [0.15, 0.2) is 29.3 Å². The van der Waals surface area contributed by atoms with Crippen molar-refractivity contribution in [2.24, 2.45) is 10.9 Å². The van der Waals surface area contributed by atoms with Crippen LogP contribution in [0.1, 0.15) is 31.4 Å². The summed E-state index contributed by atoms with van der Waals surface area (Å²) in [6, 6.07) is 8.60. The van der Waals surface area contributed by atoms with Crippen LogP contribution in [0.3, 0.4) is 0 Å². The molecule has 1 aliphatic rings. The molecule has 2 atom stereocenters. The van der Waals surface area contributed by atoms with Crippen molar-refractivity contribution in [3.8, 4) is 0 Å². The van der Waals surface area contributed by atoms with E-state index >= 15 is 0 Å². The average Bonchev–Trinajstić information content (AvgIpc) is 2.60. The van der Waals surface area contributed by atoms with E-state index in [4.69, 9.17) is 21.3 Å². The van der Waals surface area contributed by atoms with Crippen LogP contribution in [0.2, 0.25) is 5.02 Å². The van der Waals surface area contributed by atoms with Crippen molar-refractivity contribution in [3.05, 3.63) is 34.9 Å². The minimum atomic E-state index is 0.359. The number of benzene rings is 1. The van der Waals surface area contributed by atoms with Gasteiger partial charge in [0.05, 0.1) is 6.61 Å². The van der Waals surface area contributed by atoms with Gasteiger partial charge in [0.15, 0.2) is 5.96 Å². The molecular weight excluding hydrogens is 336 g/mol. The van der Waals surface area contributed by atoms with Crippen molar-refractivity contribution in [2.45, 2.75) is 25.8 Å². The number of hydrogen-bond donors (Lipinski definition) is 2. The van der Waals surface area contributed by atoms with Gasteiger partial charge in [0.1, 0.15) is 0 Å². The summed E-state index contributed by atoms with van der Waals surface area (Å²) in [4.78, 5) is 7.25. The third-order valence-corrected chi connectivity index (χ3v) is 4.86. The van der Waals surface area contributed by atoms with Crippen LogP contribution in [0.4, 0.5) is 0 Å². The fourth-order valence-corrected chi connectivity index (χ4v) is 3.69. The maximum absolute atomic E-state index is 6.22. The molecule has 0 aliphatic carbocycles. The van der Waals surface area contributed by atoms with Gasteiger partial charge in [-0.3, -0.25) is 9.89 Å². The maximum atomic E-state index is 6.22. The number of piperidine rings is 1. The number of halogens is 1. The summed E-state index contributed by atoms with van der Waals surface area (Å²) in [5.41, 5.74) is 1.28. The summed E-state index contributed by atoms with van der Waals surface area (Å²) in [6.45, 7) is 6.26. The molecule has 140 valence electrons. The van der Waals surface area contributed by atoms with Crippen molar-refractivity contribution in [1.82, 2.24) is 15.5 Å². The number of aliphatic imine (C=N–C) groups is 1. The van der Waals surface area contributed by atoms with Gasteiger partial charge in [-0.25, -0.2) is 0 Å². The second-order valence-corrected chi connectivity index (χ2v) is 6.96. The summed E-state index contributed by atoms with van der Waals surface area (Å²) in [5.74, 6) is 1.34. The summed E-state index contributed by atoms with van der Waals surface area (Å²) in [6.07, 6.45) is 2.39. The smallest absolute Gasteiger partial charge is 0.191 e. The molecule has 1 fully saturated rings. The first-order valence-electron chi connectivity index (χ1n) is 9.12. The number of likely N-dealkylation sites (tertiary alicyclic amines) is 1. The lowest BCUT2D eigenvalue weighted by atomic mass is 9.85. The molecule has 2 rings (SSSR count). The van der Waals surface area contributed by atoms with E-state index in [1.807, 2.05) is 12.1 Å². The molecule has 1 aromatic rings. The molecule has 2 unspecified atom stereocenters. The molecule has 1 saturated heterocycles. The number of nitrogens with one attached hydrogen (secondary N) is 2. The van der Waals surface area contributed by atoms with Gasteiger partial charge in [-0.2, -0.15) is 0 Å². The number of guanidine groups is 1. The van der Waals surface area contributed by atoms with E-state index in [1.54, 1.807) is 7.11 Å². The van der Waals surface area contributed by atoms with Gasteiger partial charge in [0.2, 0.25) is 0 Å². The lowest BCUT2D eigenvalue weighted by Gasteiger charge is -2.39. The zero-order chi connectivity index (χ0) is 18.1. The maximum Gasteiger partial charge on any atom is 0.191 e. The molecule has 0 amide bonds. The second-order valence-electron chi connectivity index (χ2n) is 6.52. The quantitative estimate of drug-likeness (QED) is 0.442. The van der Waals surface area contributed by atoms with E-state index in [0.29, 0.717) is 18.6 Å². The van der Waals surface area contributed by atoms with Crippen molar-refractivity contribution >= 4 is 17.6 Å². The number of nitrogens with zero attached hydrogens (tertiary/aromatic N) is 2. The Morgan fingerprint density at radius 1 is 1.40 bits per heavy atom.